The van der Waals surface area contributed by atoms with E-state index in [2.05, 4.69) is 0 Å². The van der Waals surface area contributed by atoms with Crippen molar-refractivity contribution < 1.29 is 15.0 Å². The van der Waals surface area contributed by atoms with Gasteiger partial charge in [0.2, 0.25) is 0 Å². The molecule has 0 saturated heterocycles. The highest BCUT2D eigenvalue weighted by Crippen LogP contribution is 2.25. The molecule has 0 aliphatic heterocycles. The van der Waals surface area contributed by atoms with Crippen LogP contribution in [0.15, 0.2) is 18.2 Å². The van der Waals surface area contributed by atoms with E-state index in [1.807, 2.05) is 0 Å². The number of nitro benzene ring substituents is 2. The van der Waals surface area contributed by atoms with E-state index in [1.165, 1.54) is 6.92 Å². The first-order valence-corrected chi connectivity index (χ1v) is 4.03. The zero-order valence-electron chi connectivity index (χ0n) is 7.78. The Morgan fingerprint density at radius 3 is 1.80 bits per heavy atom. The molecule has 7 heteroatoms. The second-order valence-corrected chi connectivity index (χ2v) is 2.97. The summed E-state index contributed by atoms with van der Waals surface area (Å²) in [6.45, 7) is 1.38. The summed E-state index contributed by atoms with van der Waals surface area (Å²) in [4.78, 5) is 19.4. The van der Waals surface area contributed by atoms with Crippen molar-refractivity contribution in [2.45, 2.75) is 13.0 Å². The van der Waals surface area contributed by atoms with Crippen molar-refractivity contribution in [3.63, 3.8) is 0 Å². The molecule has 0 fully saturated rings. The van der Waals surface area contributed by atoms with E-state index in [1.54, 1.807) is 0 Å². The van der Waals surface area contributed by atoms with E-state index < -0.39 is 27.3 Å². The lowest BCUT2D eigenvalue weighted by atomic mass is 10.1. The van der Waals surface area contributed by atoms with Gasteiger partial charge < -0.3 is 5.11 Å². The number of nitro groups is 2. The molecular weight excluding hydrogens is 204 g/mol. The molecule has 0 spiro atoms. The molecule has 0 aromatic heterocycles. The molecule has 0 saturated carbocycles. The molecule has 1 atom stereocenters. The predicted molar refractivity (Wildman–Crippen MR) is 50.4 cm³/mol. The predicted octanol–water partition coefficient (Wildman–Crippen LogP) is 1.56. The Bertz CT molecular complexity index is 383. The van der Waals surface area contributed by atoms with Gasteiger partial charge in [-0.25, -0.2) is 0 Å². The van der Waals surface area contributed by atoms with Gasteiger partial charge in [-0.1, -0.05) is 0 Å². The first-order chi connectivity index (χ1) is 6.91. The average molecular weight is 212 g/mol. The number of nitrogens with zero attached hydrogens (tertiary/aromatic N) is 2. The Balaban J connectivity index is 3.32. The van der Waals surface area contributed by atoms with Gasteiger partial charge in [-0.2, -0.15) is 0 Å². The molecule has 1 N–H and O–H groups in total. The minimum Gasteiger partial charge on any atom is -0.389 e. The van der Waals surface area contributed by atoms with Crippen LogP contribution in [0.2, 0.25) is 0 Å². The summed E-state index contributed by atoms with van der Waals surface area (Å²) in [6, 6.07) is 3.07. The first-order valence-electron chi connectivity index (χ1n) is 4.03. The normalized spacial score (nSPS) is 12.1. The molecule has 0 radical (unpaired) electrons. The topological polar surface area (TPSA) is 107 Å². The quantitative estimate of drug-likeness (QED) is 0.604. The number of benzene rings is 1. The number of aliphatic hydroxyl groups is 1. The van der Waals surface area contributed by atoms with Crippen LogP contribution in [0.25, 0.3) is 0 Å². The van der Waals surface area contributed by atoms with E-state index in [-0.39, 0.29) is 5.56 Å². The minimum atomic E-state index is -0.983. The lowest BCUT2D eigenvalue weighted by Crippen LogP contribution is -1.97. The Labute approximate surface area is 84.3 Å². The van der Waals surface area contributed by atoms with Crippen molar-refractivity contribution in [1.82, 2.24) is 0 Å². The number of non-ortho nitro benzene ring substituents is 2. The summed E-state index contributed by atoms with van der Waals surface area (Å²) in [5.41, 5.74) is -0.656. The van der Waals surface area contributed by atoms with Gasteiger partial charge in [0.25, 0.3) is 11.4 Å². The molecular formula is C8H8N2O5. The van der Waals surface area contributed by atoms with Crippen LogP contribution >= 0.6 is 0 Å². The molecule has 0 heterocycles. The summed E-state index contributed by atoms with van der Waals surface area (Å²) in [7, 11) is 0. The molecule has 7 nitrogen and oxygen atoms in total. The molecule has 1 aromatic rings. The maximum atomic E-state index is 10.5. The van der Waals surface area contributed by atoms with E-state index in [9.17, 15) is 25.3 Å². The van der Waals surface area contributed by atoms with Gasteiger partial charge in [-0.05, 0) is 12.5 Å². The third-order valence-electron chi connectivity index (χ3n) is 1.83. The van der Waals surface area contributed by atoms with Crippen LogP contribution in [-0.4, -0.2) is 15.0 Å². The lowest BCUT2D eigenvalue weighted by Gasteiger charge is -2.03. The second kappa shape index (κ2) is 4.01. The number of hydrogen-bond acceptors (Lipinski definition) is 5. The SMILES string of the molecule is CC(O)c1cc([N+](=O)[O-])cc([N+](=O)[O-])c1. The van der Waals surface area contributed by atoms with Crippen LogP contribution in [0, 0.1) is 20.2 Å². The number of aliphatic hydroxyl groups excluding tert-OH is 1. The van der Waals surface area contributed by atoms with Gasteiger partial charge in [0.05, 0.1) is 22.0 Å². The van der Waals surface area contributed by atoms with Gasteiger partial charge in [0, 0.05) is 12.1 Å². The van der Waals surface area contributed by atoms with E-state index in [4.69, 9.17) is 0 Å². The fraction of sp³-hybridized carbons (Fsp3) is 0.250. The summed E-state index contributed by atoms with van der Waals surface area (Å²) in [5, 5.41) is 30.1. The molecule has 1 unspecified atom stereocenters. The maximum Gasteiger partial charge on any atom is 0.276 e. The van der Waals surface area contributed by atoms with Gasteiger partial charge >= 0.3 is 0 Å². The zero-order valence-corrected chi connectivity index (χ0v) is 7.78. The van der Waals surface area contributed by atoms with Gasteiger partial charge in [-0.15, -0.1) is 0 Å². The van der Waals surface area contributed by atoms with Crippen LogP contribution in [-0.2, 0) is 0 Å². The monoisotopic (exact) mass is 212 g/mol. The van der Waals surface area contributed by atoms with E-state index in [0.29, 0.717) is 0 Å². The van der Waals surface area contributed by atoms with Crippen molar-refractivity contribution in [3.05, 3.63) is 44.0 Å². The van der Waals surface area contributed by atoms with Crippen molar-refractivity contribution in [2.24, 2.45) is 0 Å². The Kier molecular flexibility index (Phi) is 2.96. The molecule has 0 aliphatic carbocycles. The van der Waals surface area contributed by atoms with Crippen molar-refractivity contribution in [3.8, 4) is 0 Å². The fourth-order valence-electron chi connectivity index (χ4n) is 1.07. The van der Waals surface area contributed by atoms with Crippen LogP contribution in [0.3, 0.4) is 0 Å². The average Bonchev–Trinajstić information content (AvgIpc) is 2.16. The molecule has 80 valence electrons. The van der Waals surface area contributed by atoms with E-state index in [0.717, 1.165) is 18.2 Å². The highest BCUT2D eigenvalue weighted by molar-refractivity contribution is 5.47. The van der Waals surface area contributed by atoms with Gasteiger partial charge in [-0.3, -0.25) is 20.2 Å². The van der Waals surface area contributed by atoms with Crippen LogP contribution in [0.1, 0.15) is 18.6 Å². The number of rotatable bonds is 3. The molecule has 1 rings (SSSR count). The maximum absolute atomic E-state index is 10.5. The molecule has 0 aliphatic rings. The minimum absolute atomic E-state index is 0.149. The Morgan fingerprint density at radius 1 is 1.13 bits per heavy atom. The molecule has 0 bridgehead atoms. The Hall–Kier alpha value is -2.02. The second-order valence-electron chi connectivity index (χ2n) is 2.97. The fourth-order valence-corrected chi connectivity index (χ4v) is 1.07. The summed E-state index contributed by atoms with van der Waals surface area (Å²) < 4.78 is 0. The van der Waals surface area contributed by atoms with Crippen LogP contribution < -0.4 is 0 Å². The van der Waals surface area contributed by atoms with Crippen molar-refractivity contribution >= 4 is 11.4 Å². The largest absolute Gasteiger partial charge is 0.389 e. The third kappa shape index (κ3) is 2.47. The highest BCUT2D eigenvalue weighted by Gasteiger charge is 2.17. The van der Waals surface area contributed by atoms with Gasteiger partial charge in [0.15, 0.2) is 0 Å². The van der Waals surface area contributed by atoms with Crippen LogP contribution in [0.4, 0.5) is 11.4 Å². The van der Waals surface area contributed by atoms with Gasteiger partial charge in [0.1, 0.15) is 0 Å². The first kappa shape index (κ1) is 11.1. The van der Waals surface area contributed by atoms with Crippen molar-refractivity contribution in [2.75, 3.05) is 0 Å². The Morgan fingerprint density at radius 2 is 1.53 bits per heavy atom. The summed E-state index contributed by atoms with van der Waals surface area (Å²) in [6.07, 6.45) is -0.983. The molecule has 15 heavy (non-hydrogen) atoms. The van der Waals surface area contributed by atoms with Crippen LogP contribution in [0.5, 0.6) is 0 Å². The summed E-state index contributed by atoms with van der Waals surface area (Å²) in [5.74, 6) is 0. The standard InChI is InChI=1S/C8H8N2O5/c1-5(11)6-2-7(9(12)13)4-8(3-6)10(14)15/h2-5,11H,1H3. The summed E-state index contributed by atoms with van der Waals surface area (Å²) >= 11 is 0. The lowest BCUT2D eigenvalue weighted by molar-refractivity contribution is -0.394. The molecule has 1 aromatic carbocycles. The van der Waals surface area contributed by atoms with Crippen molar-refractivity contribution in [1.29, 1.82) is 0 Å². The van der Waals surface area contributed by atoms with E-state index >= 15 is 0 Å². The highest BCUT2D eigenvalue weighted by atomic mass is 16.6. The third-order valence-corrected chi connectivity index (χ3v) is 1.83. The number of hydrogen-bond donors (Lipinski definition) is 1. The smallest absolute Gasteiger partial charge is 0.276 e. The molecule has 0 amide bonds. The zero-order chi connectivity index (χ0) is 11.6.